The predicted octanol–water partition coefficient (Wildman–Crippen LogP) is 2.60. The summed E-state index contributed by atoms with van der Waals surface area (Å²) in [6.45, 7) is 2.50. The van der Waals surface area contributed by atoms with E-state index in [4.69, 9.17) is 14.6 Å². The van der Waals surface area contributed by atoms with E-state index < -0.39 is 28.6 Å². The minimum absolute atomic E-state index is 0.0643. The number of carboxylic acids is 1. The average molecular weight is 386 g/mol. The van der Waals surface area contributed by atoms with Gasteiger partial charge in [0.25, 0.3) is 11.6 Å². The fraction of sp³-hybridized carbons (Fsp3) is 0.263. The SMILES string of the molecule is CCN(CC1COc2ccccc2O1)C(=O)c1cc(C(=O)O)cc([N+](=O)[O-])c1. The highest BCUT2D eigenvalue weighted by Gasteiger charge is 2.27. The first-order chi connectivity index (χ1) is 13.4. The molecule has 28 heavy (non-hydrogen) atoms. The third-order valence-corrected chi connectivity index (χ3v) is 4.28. The third kappa shape index (κ3) is 4.03. The van der Waals surface area contributed by atoms with Gasteiger partial charge in [-0.15, -0.1) is 0 Å². The number of hydrogen-bond acceptors (Lipinski definition) is 6. The standard InChI is InChI=1S/C19H18N2O7/c1-2-20(10-15-11-27-16-5-3-4-6-17(16)28-15)18(22)12-7-13(19(23)24)9-14(8-12)21(25)26/h3-9,15H,2,10-11H2,1H3,(H,23,24). The molecule has 9 nitrogen and oxygen atoms in total. The van der Waals surface area contributed by atoms with Crippen molar-refractivity contribution in [2.45, 2.75) is 13.0 Å². The largest absolute Gasteiger partial charge is 0.486 e. The zero-order chi connectivity index (χ0) is 20.3. The van der Waals surface area contributed by atoms with Crippen LogP contribution in [0.1, 0.15) is 27.6 Å². The molecule has 0 bridgehead atoms. The number of rotatable bonds is 6. The van der Waals surface area contributed by atoms with Crippen molar-refractivity contribution < 1.29 is 29.1 Å². The van der Waals surface area contributed by atoms with E-state index in [-0.39, 0.29) is 24.3 Å². The summed E-state index contributed by atoms with van der Waals surface area (Å²) in [4.78, 5) is 35.9. The Morgan fingerprint density at radius 2 is 1.89 bits per heavy atom. The molecule has 0 saturated carbocycles. The number of non-ortho nitro benzene ring substituents is 1. The van der Waals surface area contributed by atoms with E-state index in [9.17, 15) is 19.7 Å². The van der Waals surface area contributed by atoms with Crippen LogP contribution in [0.4, 0.5) is 5.69 Å². The molecule has 1 unspecified atom stereocenters. The zero-order valence-corrected chi connectivity index (χ0v) is 15.0. The number of aromatic carboxylic acids is 1. The van der Waals surface area contributed by atoms with Gasteiger partial charge >= 0.3 is 5.97 Å². The second-order valence-electron chi connectivity index (χ2n) is 6.17. The molecule has 146 valence electrons. The molecule has 0 aliphatic carbocycles. The van der Waals surface area contributed by atoms with Gasteiger partial charge in [0.1, 0.15) is 6.61 Å². The van der Waals surface area contributed by atoms with Gasteiger partial charge in [-0.2, -0.15) is 0 Å². The maximum atomic E-state index is 12.9. The molecule has 1 N–H and O–H groups in total. The molecule has 0 fully saturated rings. The molecule has 9 heteroatoms. The normalized spacial score (nSPS) is 15.0. The number of nitrogens with zero attached hydrogens (tertiary/aromatic N) is 2. The second kappa shape index (κ2) is 7.95. The molecule has 2 aromatic rings. The third-order valence-electron chi connectivity index (χ3n) is 4.28. The fourth-order valence-electron chi connectivity index (χ4n) is 2.90. The molecule has 1 aliphatic rings. The van der Waals surface area contributed by atoms with Crippen molar-refractivity contribution >= 4 is 17.6 Å². The number of carbonyl (C=O) groups is 2. The van der Waals surface area contributed by atoms with Crippen LogP contribution in [0.25, 0.3) is 0 Å². The summed E-state index contributed by atoms with van der Waals surface area (Å²) in [5, 5.41) is 20.2. The van der Waals surface area contributed by atoms with E-state index in [1.165, 1.54) is 4.90 Å². The van der Waals surface area contributed by atoms with Crippen LogP contribution in [0.3, 0.4) is 0 Å². The summed E-state index contributed by atoms with van der Waals surface area (Å²) in [7, 11) is 0. The maximum Gasteiger partial charge on any atom is 0.335 e. The van der Waals surface area contributed by atoms with Gasteiger partial charge in [0.15, 0.2) is 17.6 Å². The van der Waals surface area contributed by atoms with E-state index in [0.29, 0.717) is 18.0 Å². The smallest absolute Gasteiger partial charge is 0.335 e. The van der Waals surface area contributed by atoms with Crippen LogP contribution in [0.5, 0.6) is 11.5 Å². The van der Waals surface area contributed by atoms with Crippen LogP contribution >= 0.6 is 0 Å². The van der Waals surface area contributed by atoms with Crippen molar-refractivity contribution in [3.05, 3.63) is 63.7 Å². The second-order valence-corrected chi connectivity index (χ2v) is 6.17. The highest BCUT2D eigenvalue weighted by molar-refractivity contribution is 5.98. The van der Waals surface area contributed by atoms with Crippen molar-refractivity contribution in [1.82, 2.24) is 4.90 Å². The Bertz CT molecular complexity index is 896. The quantitative estimate of drug-likeness (QED) is 0.598. The van der Waals surface area contributed by atoms with Gasteiger partial charge < -0.3 is 19.5 Å². The van der Waals surface area contributed by atoms with Gasteiger partial charge in [-0.05, 0) is 25.1 Å². The number of hydrogen-bond donors (Lipinski definition) is 1. The number of carboxylic acid groups (broad SMARTS) is 1. The lowest BCUT2D eigenvalue weighted by molar-refractivity contribution is -0.384. The summed E-state index contributed by atoms with van der Waals surface area (Å²) in [5.41, 5.74) is -0.837. The summed E-state index contributed by atoms with van der Waals surface area (Å²) in [6.07, 6.45) is -0.420. The monoisotopic (exact) mass is 386 g/mol. The van der Waals surface area contributed by atoms with Gasteiger partial charge in [-0.3, -0.25) is 14.9 Å². The van der Waals surface area contributed by atoms with E-state index in [1.807, 2.05) is 12.1 Å². The van der Waals surface area contributed by atoms with E-state index >= 15 is 0 Å². The minimum atomic E-state index is -1.35. The highest BCUT2D eigenvalue weighted by atomic mass is 16.6. The molecule has 2 aromatic carbocycles. The lowest BCUT2D eigenvalue weighted by atomic mass is 10.1. The van der Waals surface area contributed by atoms with Crippen LogP contribution in [0.2, 0.25) is 0 Å². The Kier molecular flexibility index (Phi) is 5.44. The molecular weight excluding hydrogens is 368 g/mol. The van der Waals surface area contributed by atoms with Crippen LogP contribution in [0.15, 0.2) is 42.5 Å². The lowest BCUT2D eigenvalue weighted by Gasteiger charge is -2.31. The average Bonchev–Trinajstić information content (AvgIpc) is 2.70. The Labute approximate surface area is 160 Å². The molecule has 1 atom stereocenters. The maximum absolute atomic E-state index is 12.9. The van der Waals surface area contributed by atoms with Crippen LogP contribution in [-0.4, -0.2) is 52.6 Å². The highest BCUT2D eigenvalue weighted by Crippen LogP contribution is 2.31. The number of nitro benzene ring substituents is 1. The first kappa shape index (κ1) is 19.2. The van der Waals surface area contributed by atoms with Crippen molar-refractivity contribution in [3.63, 3.8) is 0 Å². The Balaban J connectivity index is 1.80. The Hall–Kier alpha value is -3.62. The summed E-state index contributed by atoms with van der Waals surface area (Å²) < 4.78 is 11.5. The molecular formula is C19H18N2O7. The summed E-state index contributed by atoms with van der Waals surface area (Å²) in [5.74, 6) is -0.666. The summed E-state index contributed by atoms with van der Waals surface area (Å²) >= 11 is 0. The molecule has 1 heterocycles. The van der Waals surface area contributed by atoms with Crippen LogP contribution in [-0.2, 0) is 0 Å². The Morgan fingerprint density at radius 3 is 2.54 bits per heavy atom. The molecule has 0 spiro atoms. The van der Waals surface area contributed by atoms with Gasteiger partial charge in [-0.1, -0.05) is 12.1 Å². The number of carbonyl (C=O) groups excluding carboxylic acids is 1. The molecule has 3 rings (SSSR count). The summed E-state index contributed by atoms with van der Waals surface area (Å²) in [6, 6.07) is 10.3. The van der Waals surface area contributed by atoms with E-state index in [1.54, 1.807) is 19.1 Å². The fourth-order valence-corrected chi connectivity index (χ4v) is 2.90. The van der Waals surface area contributed by atoms with Gasteiger partial charge in [0.05, 0.1) is 17.0 Å². The molecule has 0 saturated heterocycles. The van der Waals surface area contributed by atoms with Crippen LogP contribution in [0, 0.1) is 10.1 Å². The van der Waals surface area contributed by atoms with Gasteiger partial charge in [0.2, 0.25) is 0 Å². The van der Waals surface area contributed by atoms with Crippen molar-refractivity contribution in [2.75, 3.05) is 19.7 Å². The molecule has 1 aliphatic heterocycles. The number of para-hydroxylation sites is 2. The number of likely N-dealkylation sites (N-methyl/N-ethyl adjacent to an activating group) is 1. The van der Waals surface area contributed by atoms with E-state index in [2.05, 4.69) is 0 Å². The van der Waals surface area contributed by atoms with Crippen LogP contribution < -0.4 is 9.47 Å². The first-order valence-electron chi connectivity index (χ1n) is 8.59. The number of nitro groups is 1. The minimum Gasteiger partial charge on any atom is -0.486 e. The van der Waals surface area contributed by atoms with Crippen molar-refractivity contribution in [2.24, 2.45) is 0 Å². The molecule has 0 radical (unpaired) electrons. The topological polar surface area (TPSA) is 119 Å². The molecule has 1 amide bonds. The van der Waals surface area contributed by atoms with E-state index in [0.717, 1.165) is 18.2 Å². The van der Waals surface area contributed by atoms with Gasteiger partial charge in [-0.25, -0.2) is 4.79 Å². The van der Waals surface area contributed by atoms with Crippen molar-refractivity contribution in [3.8, 4) is 11.5 Å². The zero-order valence-electron chi connectivity index (χ0n) is 15.0. The molecule has 0 aromatic heterocycles. The number of fused-ring (bicyclic) bond motifs is 1. The first-order valence-corrected chi connectivity index (χ1v) is 8.59. The predicted molar refractivity (Wildman–Crippen MR) is 98.0 cm³/mol. The number of benzene rings is 2. The van der Waals surface area contributed by atoms with Gasteiger partial charge in [0, 0.05) is 24.2 Å². The Morgan fingerprint density at radius 1 is 1.21 bits per heavy atom. The van der Waals surface area contributed by atoms with Crippen molar-refractivity contribution in [1.29, 1.82) is 0 Å². The number of amides is 1. The number of ether oxygens (including phenoxy) is 2. The lowest BCUT2D eigenvalue weighted by Crippen LogP contribution is -2.43.